The number of aromatic nitrogens is 4. The minimum Gasteiger partial charge on any atom is -0.478 e. The molecule has 0 aliphatic rings. The SMILES string of the molecule is Cc1noc(C)c1-c1cnc2c(-c3ccc(C(=O)O)c(F)c3)c(C(F)(F)F)n(C(C)c3ccccn3)c2c1. The highest BCUT2D eigenvalue weighted by atomic mass is 19.4. The summed E-state index contributed by atoms with van der Waals surface area (Å²) in [6.07, 6.45) is -1.99. The van der Waals surface area contributed by atoms with Crippen LogP contribution in [0.15, 0.2) is 59.4 Å². The highest BCUT2D eigenvalue weighted by Gasteiger charge is 2.42. The van der Waals surface area contributed by atoms with E-state index in [1.54, 1.807) is 45.0 Å². The van der Waals surface area contributed by atoms with Crippen molar-refractivity contribution in [3.05, 3.63) is 89.1 Å². The van der Waals surface area contributed by atoms with Crippen LogP contribution in [0.5, 0.6) is 0 Å². The van der Waals surface area contributed by atoms with Crippen LogP contribution in [0.2, 0.25) is 0 Å². The van der Waals surface area contributed by atoms with Gasteiger partial charge in [-0.15, -0.1) is 0 Å². The fourth-order valence-electron chi connectivity index (χ4n) is 4.77. The number of aromatic carboxylic acids is 1. The second-order valence-corrected chi connectivity index (χ2v) is 8.81. The molecule has 0 bridgehead atoms. The summed E-state index contributed by atoms with van der Waals surface area (Å²) in [5.74, 6) is -2.21. The zero-order chi connectivity index (χ0) is 27.4. The highest BCUT2D eigenvalue weighted by molar-refractivity contribution is 5.98. The number of fused-ring (bicyclic) bond motifs is 1. The molecule has 0 saturated heterocycles. The zero-order valence-electron chi connectivity index (χ0n) is 20.3. The Hall–Kier alpha value is -4.54. The Kier molecular flexibility index (Phi) is 6.01. The summed E-state index contributed by atoms with van der Waals surface area (Å²) in [7, 11) is 0. The van der Waals surface area contributed by atoms with Gasteiger partial charge in [0.05, 0.1) is 34.0 Å². The lowest BCUT2D eigenvalue weighted by Crippen LogP contribution is -2.19. The molecule has 4 heterocycles. The predicted octanol–water partition coefficient (Wildman–Crippen LogP) is 6.84. The third-order valence-electron chi connectivity index (χ3n) is 6.42. The van der Waals surface area contributed by atoms with Crippen molar-refractivity contribution in [2.45, 2.75) is 33.0 Å². The van der Waals surface area contributed by atoms with Gasteiger partial charge in [0.15, 0.2) is 0 Å². The topological polar surface area (TPSA) is 94.0 Å². The number of benzene rings is 1. The van der Waals surface area contributed by atoms with Crippen LogP contribution in [-0.4, -0.2) is 30.8 Å². The van der Waals surface area contributed by atoms with E-state index in [9.17, 15) is 27.5 Å². The number of carboxylic acids is 1. The van der Waals surface area contributed by atoms with Crippen molar-refractivity contribution in [3.63, 3.8) is 0 Å². The molecule has 1 unspecified atom stereocenters. The van der Waals surface area contributed by atoms with Gasteiger partial charge in [0.25, 0.3) is 0 Å². The number of halogens is 4. The minimum absolute atomic E-state index is 0.0295. The van der Waals surface area contributed by atoms with Crippen LogP contribution < -0.4 is 0 Å². The van der Waals surface area contributed by atoms with Crippen molar-refractivity contribution in [1.82, 2.24) is 19.7 Å². The van der Waals surface area contributed by atoms with Crippen molar-refractivity contribution in [3.8, 4) is 22.3 Å². The normalized spacial score (nSPS) is 12.7. The molecule has 0 aliphatic carbocycles. The number of hydrogen-bond acceptors (Lipinski definition) is 5. The van der Waals surface area contributed by atoms with E-state index >= 15 is 0 Å². The molecule has 4 aromatic heterocycles. The summed E-state index contributed by atoms with van der Waals surface area (Å²) in [6.45, 7) is 4.98. The van der Waals surface area contributed by atoms with Gasteiger partial charge >= 0.3 is 12.1 Å². The molecule has 0 spiro atoms. The number of alkyl halides is 3. The molecular weight excluding hydrogens is 504 g/mol. The van der Waals surface area contributed by atoms with Crippen LogP contribution in [0, 0.1) is 19.7 Å². The first-order valence-electron chi connectivity index (χ1n) is 11.5. The maximum absolute atomic E-state index is 14.8. The number of aryl methyl sites for hydroxylation is 2. The van der Waals surface area contributed by atoms with E-state index in [1.807, 2.05) is 0 Å². The number of carbonyl (C=O) groups is 1. The standard InChI is InChI=1S/C27H20F4N4O3/c1-13-22(15(3)38-34-13)17-11-21-24(33-12-17)23(16-7-8-18(26(36)37)19(28)10-16)25(27(29,30)31)35(21)14(2)20-6-4-5-9-32-20/h4-12,14H,1-3H3,(H,36,37). The van der Waals surface area contributed by atoms with Gasteiger partial charge < -0.3 is 14.2 Å². The van der Waals surface area contributed by atoms with Crippen molar-refractivity contribution >= 4 is 17.0 Å². The van der Waals surface area contributed by atoms with E-state index in [4.69, 9.17) is 4.52 Å². The molecule has 0 amide bonds. The molecule has 0 aliphatic heterocycles. The number of carboxylic acid groups (broad SMARTS) is 1. The Morgan fingerprint density at radius 2 is 1.82 bits per heavy atom. The molecule has 0 fully saturated rings. The Morgan fingerprint density at radius 1 is 1.05 bits per heavy atom. The van der Waals surface area contributed by atoms with Crippen molar-refractivity contribution in [2.75, 3.05) is 0 Å². The highest BCUT2D eigenvalue weighted by Crippen LogP contribution is 2.46. The number of hydrogen-bond donors (Lipinski definition) is 1. The summed E-state index contributed by atoms with van der Waals surface area (Å²) in [5.41, 5.74) is -0.121. The van der Waals surface area contributed by atoms with Crippen LogP contribution in [0.4, 0.5) is 17.6 Å². The van der Waals surface area contributed by atoms with Crippen LogP contribution in [0.1, 0.15) is 46.2 Å². The third kappa shape index (κ3) is 4.09. The van der Waals surface area contributed by atoms with Crippen LogP contribution in [0.3, 0.4) is 0 Å². The van der Waals surface area contributed by atoms with Gasteiger partial charge in [-0.3, -0.25) is 9.97 Å². The summed E-state index contributed by atoms with van der Waals surface area (Å²) < 4.78 is 65.5. The lowest BCUT2D eigenvalue weighted by atomic mass is 10.0. The van der Waals surface area contributed by atoms with Crippen molar-refractivity contribution < 1.29 is 32.0 Å². The second-order valence-electron chi connectivity index (χ2n) is 8.81. The molecule has 1 atom stereocenters. The molecule has 5 rings (SSSR count). The van der Waals surface area contributed by atoms with Gasteiger partial charge in [0.1, 0.15) is 17.3 Å². The molecule has 0 radical (unpaired) electrons. The van der Waals surface area contributed by atoms with Crippen molar-refractivity contribution in [1.29, 1.82) is 0 Å². The summed E-state index contributed by atoms with van der Waals surface area (Å²) in [4.78, 5) is 20.0. The lowest BCUT2D eigenvalue weighted by molar-refractivity contribution is -0.143. The molecule has 11 heteroatoms. The molecule has 38 heavy (non-hydrogen) atoms. The van der Waals surface area contributed by atoms with Crippen LogP contribution in [0.25, 0.3) is 33.3 Å². The first-order chi connectivity index (χ1) is 18.0. The Labute approximate surface area is 213 Å². The van der Waals surface area contributed by atoms with E-state index in [2.05, 4.69) is 15.1 Å². The average Bonchev–Trinajstić information content (AvgIpc) is 3.40. The smallest absolute Gasteiger partial charge is 0.432 e. The molecule has 5 aromatic rings. The maximum Gasteiger partial charge on any atom is 0.432 e. The monoisotopic (exact) mass is 524 g/mol. The number of rotatable bonds is 5. The fourth-order valence-corrected chi connectivity index (χ4v) is 4.77. The summed E-state index contributed by atoms with van der Waals surface area (Å²) in [6, 6.07) is 8.49. The Balaban J connectivity index is 1.89. The predicted molar refractivity (Wildman–Crippen MR) is 130 cm³/mol. The minimum atomic E-state index is -4.88. The molecule has 7 nitrogen and oxygen atoms in total. The largest absolute Gasteiger partial charge is 0.478 e. The van der Waals surface area contributed by atoms with E-state index in [1.165, 1.54) is 12.4 Å². The van der Waals surface area contributed by atoms with E-state index in [-0.39, 0.29) is 22.2 Å². The van der Waals surface area contributed by atoms with Crippen LogP contribution in [-0.2, 0) is 6.18 Å². The molecule has 1 N–H and O–H groups in total. The molecular formula is C27H20F4N4O3. The van der Waals surface area contributed by atoms with Gasteiger partial charge in [0, 0.05) is 29.1 Å². The maximum atomic E-state index is 14.8. The first-order valence-corrected chi connectivity index (χ1v) is 11.5. The number of nitrogens with zero attached hydrogens (tertiary/aromatic N) is 4. The summed E-state index contributed by atoms with van der Waals surface area (Å²) in [5, 5.41) is 13.1. The molecule has 1 aromatic carbocycles. The van der Waals surface area contributed by atoms with E-state index < -0.39 is 35.3 Å². The first kappa shape index (κ1) is 25.1. The second kappa shape index (κ2) is 9.09. The van der Waals surface area contributed by atoms with Crippen molar-refractivity contribution in [2.24, 2.45) is 0 Å². The number of pyridine rings is 2. The molecule has 194 valence electrons. The summed E-state index contributed by atoms with van der Waals surface area (Å²) >= 11 is 0. The van der Waals surface area contributed by atoms with Gasteiger partial charge in [-0.25, -0.2) is 9.18 Å². The quantitative estimate of drug-likeness (QED) is 0.253. The van der Waals surface area contributed by atoms with Gasteiger partial charge in [-0.1, -0.05) is 17.3 Å². The third-order valence-corrected chi connectivity index (χ3v) is 6.42. The lowest BCUT2D eigenvalue weighted by Gasteiger charge is -2.21. The van der Waals surface area contributed by atoms with Gasteiger partial charge in [-0.2, -0.15) is 13.2 Å². The Morgan fingerprint density at radius 3 is 2.39 bits per heavy atom. The van der Waals surface area contributed by atoms with Gasteiger partial charge in [-0.05, 0) is 56.7 Å². The zero-order valence-corrected chi connectivity index (χ0v) is 20.3. The van der Waals surface area contributed by atoms with Crippen LogP contribution >= 0.6 is 0 Å². The van der Waals surface area contributed by atoms with Gasteiger partial charge in [0.2, 0.25) is 0 Å². The average molecular weight is 524 g/mol. The Bertz CT molecular complexity index is 1670. The van der Waals surface area contributed by atoms with E-state index in [0.717, 1.165) is 22.8 Å². The van der Waals surface area contributed by atoms with E-state index in [0.29, 0.717) is 28.3 Å². The molecule has 0 saturated carbocycles. The fraction of sp³-hybridized carbons (Fsp3) is 0.185.